The van der Waals surface area contributed by atoms with Crippen LogP contribution in [0, 0.1) is 0 Å². The predicted octanol–water partition coefficient (Wildman–Crippen LogP) is 4.66. The molecule has 0 radical (unpaired) electrons. The molecular weight excluding hydrogens is 457 g/mol. The number of anilines is 1. The highest BCUT2D eigenvalue weighted by atomic mass is 35.5. The molecule has 2 aromatic heterocycles. The maximum absolute atomic E-state index is 12.9. The standard InChI is InChI=1S/C21H17Cl2N5O2S/c1-3-8-27-19(30)16-6-4-5-7-17(16)28-20(27)25-26-21(28)31-12(2)18(29)24-15-10-13(22)9-14(23)11-15/h3-7,9-12H,1,8H2,2H3,(H,24,29). The summed E-state index contributed by atoms with van der Waals surface area (Å²) in [7, 11) is 0. The molecule has 158 valence electrons. The van der Waals surface area contributed by atoms with Crippen molar-refractivity contribution in [3.05, 3.63) is 75.5 Å². The molecule has 0 spiro atoms. The lowest BCUT2D eigenvalue weighted by atomic mass is 10.2. The van der Waals surface area contributed by atoms with Crippen LogP contribution in [0.1, 0.15) is 6.92 Å². The number of aromatic nitrogens is 4. The van der Waals surface area contributed by atoms with Gasteiger partial charge in [-0.1, -0.05) is 53.2 Å². The first kappa shape index (κ1) is 21.4. The Bertz CT molecular complexity index is 1360. The maximum atomic E-state index is 12.9. The number of hydrogen-bond donors (Lipinski definition) is 1. The Labute approximate surface area is 191 Å². The number of halogens is 2. The van der Waals surface area contributed by atoms with Crippen LogP contribution in [-0.2, 0) is 11.3 Å². The average molecular weight is 474 g/mol. The van der Waals surface area contributed by atoms with Crippen molar-refractivity contribution in [1.82, 2.24) is 19.2 Å². The van der Waals surface area contributed by atoms with E-state index in [4.69, 9.17) is 23.2 Å². The molecule has 1 unspecified atom stereocenters. The number of hydrogen-bond acceptors (Lipinski definition) is 5. The number of thioether (sulfide) groups is 1. The minimum Gasteiger partial charge on any atom is -0.325 e. The number of nitrogens with zero attached hydrogens (tertiary/aromatic N) is 4. The van der Waals surface area contributed by atoms with E-state index in [1.807, 2.05) is 12.1 Å². The van der Waals surface area contributed by atoms with Crippen molar-refractivity contribution in [3.63, 3.8) is 0 Å². The van der Waals surface area contributed by atoms with Crippen LogP contribution in [-0.4, -0.2) is 30.3 Å². The second-order valence-electron chi connectivity index (χ2n) is 6.75. The van der Waals surface area contributed by atoms with Crippen LogP contribution in [0.25, 0.3) is 16.7 Å². The van der Waals surface area contributed by atoms with Crippen molar-refractivity contribution >= 4 is 63.2 Å². The number of benzene rings is 2. The van der Waals surface area contributed by atoms with Crippen LogP contribution in [0.3, 0.4) is 0 Å². The van der Waals surface area contributed by atoms with Crippen molar-refractivity contribution in [1.29, 1.82) is 0 Å². The van der Waals surface area contributed by atoms with Crippen molar-refractivity contribution < 1.29 is 4.79 Å². The van der Waals surface area contributed by atoms with Gasteiger partial charge in [0, 0.05) is 22.3 Å². The summed E-state index contributed by atoms with van der Waals surface area (Å²) in [5.41, 5.74) is 1.01. The van der Waals surface area contributed by atoms with E-state index < -0.39 is 5.25 Å². The summed E-state index contributed by atoms with van der Waals surface area (Å²) in [6.07, 6.45) is 1.63. The van der Waals surface area contributed by atoms with Crippen LogP contribution in [0.4, 0.5) is 5.69 Å². The van der Waals surface area contributed by atoms with E-state index in [2.05, 4.69) is 22.1 Å². The Hall–Kier alpha value is -2.81. The zero-order valence-corrected chi connectivity index (χ0v) is 18.7. The first-order chi connectivity index (χ1) is 14.9. The van der Waals surface area contributed by atoms with E-state index in [0.29, 0.717) is 44.1 Å². The fraction of sp³-hybridized carbons (Fsp3) is 0.143. The quantitative estimate of drug-likeness (QED) is 0.325. The normalized spacial score (nSPS) is 12.2. The largest absolute Gasteiger partial charge is 0.325 e. The van der Waals surface area contributed by atoms with Crippen LogP contribution < -0.4 is 10.9 Å². The van der Waals surface area contributed by atoms with Crippen molar-refractivity contribution in [2.45, 2.75) is 23.9 Å². The minimum absolute atomic E-state index is 0.171. The molecule has 0 bridgehead atoms. The maximum Gasteiger partial charge on any atom is 0.263 e. The molecule has 1 amide bonds. The molecule has 7 nitrogen and oxygen atoms in total. The highest BCUT2D eigenvalue weighted by Crippen LogP contribution is 2.27. The summed E-state index contributed by atoms with van der Waals surface area (Å²) in [5, 5.41) is 12.6. The van der Waals surface area contributed by atoms with Gasteiger partial charge < -0.3 is 5.32 Å². The van der Waals surface area contributed by atoms with Crippen LogP contribution >= 0.6 is 35.0 Å². The summed E-state index contributed by atoms with van der Waals surface area (Å²) >= 11 is 13.2. The Morgan fingerprint density at radius 2 is 1.94 bits per heavy atom. The van der Waals surface area contributed by atoms with E-state index in [9.17, 15) is 9.59 Å². The lowest BCUT2D eigenvalue weighted by Gasteiger charge is -2.13. The molecule has 0 fully saturated rings. The molecule has 2 aromatic carbocycles. The van der Waals surface area contributed by atoms with Crippen molar-refractivity contribution in [2.24, 2.45) is 0 Å². The van der Waals surface area contributed by atoms with Crippen LogP contribution in [0.15, 0.2) is 65.1 Å². The molecule has 0 aliphatic heterocycles. The fourth-order valence-electron chi connectivity index (χ4n) is 3.19. The van der Waals surface area contributed by atoms with E-state index >= 15 is 0 Å². The first-order valence-electron chi connectivity index (χ1n) is 9.30. The third-order valence-corrected chi connectivity index (χ3v) is 6.05. The summed E-state index contributed by atoms with van der Waals surface area (Å²) in [4.78, 5) is 25.6. The lowest BCUT2D eigenvalue weighted by molar-refractivity contribution is -0.115. The number of fused-ring (bicyclic) bond motifs is 3. The number of amides is 1. The second-order valence-corrected chi connectivity index (χ2v) is 8.93. The van der Waals surface area contributed by atoms with Gasteiger partial charge in [0.05, 0.1) is 16.2 Å². The van der Waals surface area contributed by atoms with Gasteiger partial charge in [-0.3, -0.25) is 18.6 Å². The topological polar surface area (TPSA) is 81.3 Å². The van der Waals surface area contributed by atoms with Gasteiger partial charge in [0.2, 0.25) is 11.7 Å². The molecule has 4 rings (SSSR count). The van der Waals surface area contributed by atoms with Gasteiger partial charge in [-0.2, -0.15) is 0 Å². The lowest BCUT2D eigenvalue weighted by Crippen LogP contribution is -2.24. The zero-order chi connectivity index (χ0) is 22.1. The number of carbonyl (C=O) groups excluding carboxylic acids is 1. The molecule has 4 aromatic rings. The van der Waals surface area contributed by atoms with E-state index in [1.54, 1.807) is 47.7 Å². The molecule has 2 heterocycles. The van der Waals surface area contributed by atoms with Crippen molar-refractivity contribution in [2.75, 3.05) is 5.32 Å². The molecule has 0 aliphatic rings. The minimum atomic E-state index is -0.510. The molecule has 0 aliphatic carbocycles. The molecule has 1 atom stereocenters. The Balaban J connectivity index is 1.71. The summed E-state index contributed by atoms with van der Waals surface area (Å²) in [5.74, 6) is 0.143. The average Bonchev–Trinajstić information content (AvgIpc) is 3.14. The van der Waals surface area contributed by atoms with Crippen LogP contribution in [0.5, 0.6) is 0 Å². The van der Waals surface area contributed by atoms with Gasteiger partial charge in [-0.05, 0) is 37.3 Å². The third-order valence-electron chi connectivity index (χ3n) is 4.57. The predicted molar refractivity (Wildman–Crippen MR) is 125 cm³/mol. The highest BCUT2D eigenvalue weighted by Gasteiger charge is 2.21. The van der Waals surface area contributed by atoms with E-state index in [-0.39, 0.29) is 11.5 Å². The number of para-hydroxylation sites is 1. The Morgan fingerprint density at radius 3 is 2.65 bits per heavy atom. The molecule has 10 heteroatoms. The molecular formula is C21H17Cl2N5O2S. The first-order valence-corrected chi connectivity index (χ1v) is 10.9. The van der Waals surface area contributed by atoms with Crippen LogP contribution in [0.2, 0.25) is 10.0 Å². The molecule has 31 heavy (non-hydrogen) atoms. The third kappa shape index (κ3) is 4.19. The fourth-order valence-corrected chi connectivity index (χ4v) is 4.57. The Kier molecular flexibility index (Phi) is 6.04. The smallest absolute Gasteiger partial charge is 0.263 e. The molecule has 0 saturated heterocycles. The second kappa shape index (κ2) is 8.74. The van der Waals surface area contributed by atoms with E-state index in [0.717, 1.165) is 0 Å². The number of allylic oxidation sites excluding steroid dienone is 1. The van der Waals surface area contributed by atoms with Crippen molar-refractivity contribution in [3.8, 4) is 0 Å². The van der Waals surface area contributed by atoms with E-state index in [1.165, 1.54) is 16.3 Å². The molecule has 0 saturated carbocycles. The van der Waals surface area contributed by atoms with Gasteiger partial charge >= 0.3 is 0 Å². The zero-order valence-electron chi connectivity index (χ0n) is 16.4. The number of rotatable bonds is 6. The number of carbonyl (C=O) groups is 1. The molecule has 1 N–H and O–H groups in total. The van der Waals surface area contributed by atoms with Gasteiger partial charge in [0.25, 0.3) is 5.56 Å². The monoisotopic (exact) mass is 473 g/mol. The number of nitrogens with one attached hydrogen (secondary N) is 1. The highest BCUT2D eigenvalue weighted by molar-refractivity contribution is 8.00. The van der Waals surface area contributed by atoms with Gasteiger partial charge in [0.1, 0.15) is 0 Å². The summed E-state index contributed by atoms with van der Waals surface area (Å²) < 4.78 is 3.29. The SMILES string of the molecule is C=CCn1c(=O)c2ccccc2n2c(SC(C)C(=O)Nc3cc(Cl)cc(Cl)c3)nnc12. The van der Waals surface area contributed by atoms with Gasteiger partial charge in [-0.25, -0.2) is 0 Å². The van der Waals surface area contributed by atoms with Gasteiger partial charge in [-0.15, -0.1) is 16.8 Å². The Morgan fingerprint density at radius 1 is 1.23 bits per heavy atom. The summed E-state index contributed by atoms with van der Waals surface area (Å²) in [6, 6.07) is 12.1. The summed E-state index contributed by atoms with van der Waals surface area (Å²) in [6.45, 7) is 5.77. The van der Waals surface area contributed by atoms with Gasteiger partial charge in [0.15, 0.2) is 5.16 Å².